The lowest BCUT2D eigenvalue weighted by Gasteiger charge is -2.29. The van der Waals surface area contributed by atoms with Crippen LogP contribution in [0.1, 0.15) is 27.2 Å². The minimum atomic E-state index is -4.43. The average Bonchev–Trinajstić information content (AvgIpc) is 3.22. The highest BCUT2D eigenvalue weighted by atomic mass is 19.4. The van der Waals surface area contributed by atoms with Crippen LogP contribution in [0.15, 0.2) is 48.8 Å². The lowest BCUT2D eigenvalue weighted by Crippen LogP contribution is -2.41. The first kappa shape index (κ1) is 21.1. The van der Waals surface area contributed by atoms with Crippen molar-refractivity contribution in [2.75, 3.05) is 11.4 Å². The van der Waals surface area contributed by atoms with Gasteiger partial charge in [-0.3, -0.25) is 9.48 Å². The van der Waals surface area contributed by atoms with Gasteiger partial charge in [-0.2, -0.15) is 18.3 Å². The number of hydrogen-bond donors (Lipinski definition) is 1. The van der Waals surface area contributed by atoms with Crippen LogP contribution in [0.25, 0.3) is 22.3 Å². The number of amides is 1. The summed E-state index contributed by atoms with van der Waals surface area (Å²) in [4.78, 5) is 23.4. The number of aromatic nitrogens is 4. The van der Waals surface area contributed by atoms with Crippen LogP contribution < -0.4 is 4.90 Å². The number of anilines is 1. The largest absolute Gasteiger partial charge is 0.416 e. The van der Waals surface area contributed by atoms with Gasteiger partial charge in [0.2, 0.25) is 0 Å². The number of aliphatic hydroxyl groups is 1. The Hall–Kier alpha value is -3.79. The van der Waals surface area contributed by atoms with E-state index in [4.69, 9.17) is 0 Å². The third-order valence-electron chi connectivity index (χ3n) is 5.72. The summed E-state index contributed by atoms with van der Waals surface area (Å²) < 4.78 is 40.4. The quantitative estimate of drug-likeness (QED) is 0.508. The van der Waals surface area contributed by atoms with Gasteiger partial charge < -0.3 is 10.0 Å². The third-order valence-corrected chi connectivity index (χ3v) is 5.72. The zero-order valence-electron chi connectivity index (χ0n) is 17.5. The van der Waals surface area contributed by atoms with E-state index in [9.17, 15) is 23.1 Å². The fourth-order valence-corrected chi connectivity index (χ4v) is 4.06. The van der Waals surface area contributed by atoms with Gasteiger partial charge in [-0.1, -0.05) is 0 Å². The van der Waals surface area contributed by atoms with Gasteiger partial charge in [0.05, 0.1) is 30.4 Å². The SMILES string of the molecule is Cc1cc(-c2ncc3cc(C(F)(F)F)ccc3n2)ccc1N1CCn2ncc(CO)c2C1=O. The smallest absolute Gasteiger partial charge is 0.392 e. The van der Waals surface area contributed by atoms with E-state index in [1.165, 1.54) is 18.5 Å². The van der Waals surface area contributed by atoms with Gasteiger partial charge in [-0.05, 0) is 48.9 Å². The second kappa shape index (κ2) is 7.66. The lowest BCUT2D eigenvalue weighted by atomic mass is 10.1. The lowest BCUT2D eigenvalue weighted by molar-refractivity contribution is -0.137. The van der Waals surface area contributed by atoms with Crippen molar-refractivity contribution in [3.05, 3.63) is 71.2 Å². The molecule has 5 rings (SSSR count). The molecule has 0 unspecified atom stereocenters. The summed E-state index contributed by atoms with van der Waals surface area (Å²) in [5.74, 6) is 0.142. The molecule has 0 aliphatic carbocycles. The number of aliphatic hydroxyl groups excluding tert-OH is 1. The monoisotopic (exact) mass is 453 g/mol. The first-order valence-corrected chi connectivity index (χ1v) is 10.2. The van der Waals surface area contributed by atoms with Gasteiger partial charge in [-0.25, -0.2) is 9.97 Å². The van der Waals surface area contributed by atoms with E-state index in [0.29, 0.717) is 46.6 Å². The molecule has 1 aliphatic rings. The van der Waals surface area contributed by atoms with Crippen molar-refractivity contribution < 1.29 is 23.1 Å². The number of halogens is 3. The molecule has 1 amide bonds. The summed E-state index contributed by atoms with van der Waals surface area (Å²) in [5.41, 5.74) is 2.74. The van der Waals surface area contributed by atoms with E-state index in [1.807, 2.05) is 13.0 Å². The van der Waals surface area contributed by atoms with E-state index >= 15 is 0 Å². The molecule has 0 saturated heterocycles. The van der Waals surface area contributed by atoms with Crippen molar-refractivity contribution in [1.82, 2.24) is 19.7 Å². The Labute approximate surface area is 186 Å². The fourth-order valence-electron chi connectivity index (χ4n) is 4.06. The molecule has 0 atom stereocenters. The minimum absolute atomic E-state index is 0.235. The maximum atomic E-state index is 13.1. The molecule has 1 aliphatic heterocycles. The first-order valence-electron chi connectivity index (χ1n) is 10.2. The highest BCUT2D eigenvalue weighted by molar-refractivity contribution is 6.07. The number of alkyl halides is 3. The molecule has 168 valence electrons. The molecule has 2 aromatic heterocycles. The highest BCUT2D eigenvalue weighted by Gasteiger charge is 2.31. The molecule has 0 saturated carbocycles. The number of fused-ring (bicyclic) bond motifs is 2. The van der Waals surface area contributed by atoms with Crippen LogP contribution in [0, 0.1) is 6.92 Å². The molecule has 7 nitrogen and oxygen atoms in total. The molecule has 0 spiro atoms. The van der Waals surface area contributed by atoms with Gasteiger partial charge in [-0.15, -0.1) is 0 Å². The Morgan fingerprint density at radius 1 is 1.09 bits per heavy atom. The van der Waals surface area contributed by atoms with E-state index < -0.39 is 11.7 Å². The van der Waals surface area contributed by atoms with Crippen molar-refractivity contribution >= 4 is 22.5 Å². The van der Waals surface area contributed by atoms with Gasteiger partial charge in [0, 0.05) is 34.9 Å². The number of nitrogens with zero attached hydrogens (tertiary/aromatic N) is 5. The number of aryl methyl sites for hydroxylation is 1. The van der Waals surface area contributed by atoms with Gasteiger partial charge in [0.25, 0.3) is 5.91 Å². The van der Waals surface area contributed by atoms with E-state index in [0.717, 1.165) is 23.4 Å². The van der Waals surface area contributed by atoms with Crippen LogP contribution in [0.3, 0.4) is 0 Å². The standard InChI is InChI=1S/C23H18F3N5O2/c1-13-8-14(21-27-10-15-9-17(23(24,25)26)3-4-18(15)29-21)2-5-19(13)30-6-7-31-20(22(30)33)16(12-32)11-28-31/h2-5,8-11,32H,6-7,12H2,1H3. The molecule has 2 aromatic carbocycles. The molecule has 33 heavy (non-hydrogen) atoms. The summed E-state index contributed by atoms with van der Waals surface area (Å²) in [6, 6.07) is 8.78. The predicted molar refractivity (Wildman–Crippen MR) is 115 cm³/mol. The summed E-state index contributed by atoms with van der Waals surface area (Å²) >= 11 is 0. The maximum absolute atomic E-state index is 13.1. The number of benzene rings is 2. The second-order valence-electron chi connectivity index (χ2n) is 7.82. The van der Waals surface area contributed by atoms with Crippen LogP contribution in [0.5, 0.6) is 0 Å². The van der Waals surface area contributed by atoms with Crippen LogP contribution in [0.2, 0.25) is 0 Å². The van der Waals surface area contributed by atoms with Crippen molar-refractivity contribution in [2.24, 2.45) is 0 Å². The number of carbonyl (C=O) groups is 1. The Morgan fingerprint density at radius 3 is 2.64 bits per heavy atom. The van der Waals surface area contributed by atoms with Crippen LogP contribution in [-0.4, -0.2) is 37.3 Å². The molecule has 0 fully saturated rings. The second-order valence-corrected chi connectivity index (χ2v) is 7.82. The van der Waals surface area contributed by atoms with E-state index in [2.05, 4.69) is 15.1 Å². The third kappa shape index (κ3) is 3.62. The normalized spacial score (nSPS) is 14.1. The zero-order chi connectivity index (χ0) is 23.3. The summed E-state index contributed by atoms with van der Waals surface area (Å²) in [5, 5.41) is 14.0. The number of rotatable bonds is 3. The molecule has 4 aromatic rings. The van der Waals surface area contributed by atoms with Crippen molar-refractivity contribution in [2.45, 2.75) is 26.3 Å². The first-order chi connectivity index (χ1) is 15.8. The van der Waals surface area contributed by atoms with Crippen LogP contribution >= 0.6 is 0 Å². The molecule has 1 N–H and O–H groups in total. The van der Waals surface area contributed by atoms with Crippen molar-refractivity contribution in [1.29, 1.82) is 0 Å². The fraction of sp³-hybridized carbons (Fsp3) is 0.217. The topological polar surface area (TPSA) is 84.1 Å². The number of hydrogen-bond acceptors (Lipinski definition) is 5. The minimum Gasteiger partial charge on any atom is -0.392 e. The van der Waals surface area contributed by atoms with Crippen LogP contribution in [-0.2, 0) is 19.3 Å². The Kier molecular flexibility index (Phi) is 4.89. The van der Waals surface area contributed by atoms with E-state index in [1.54, 1.807) is 21.7 Å². The van der Waals surface area contributed by atoms with E-state index in [-0.39, 0.29) is 12.5 Å². The summed E-state index contributed by atoms with van der Waals surface area (Å²) in [6.45, 7) is 2.54. The number of carbonyl (C=O) groups excluding carboxylic acids is 1. The molecular weight excluding hydrogens is 435 g/mol. The van der Waals surface area contributed by atoms with Gasteiger partial charge in [0.15, 0.2) is 5.82 Å². The van der Waals surface area contributed by atoms with Gasteiger partial charge in [0.1, 0.15) is 5.69 Å². The molecule has 10 heteroatoms. The average molecular weight is 453 g/mol. The van der Waals surface area contributed by atoms with Crippen molar-refractivity contribution in [3.8, 4) is 11.4 Å². The maximum Gasteiger partial charge on any atom is 0.416 e. The molecule has 0 bridgehead atoms. The molecule has 3 heterocycles. The molecular formula is C23H18F3N5O2. The Morgan fingerprint density at radius 2 is 1.91 bits per heavy atom. The molecule has 0 radical (unpaired) electrons. The predicted octanol–water partition coefficient (Wildman–Crippen LogP) is 3.97. The summed E-state index contributed by atoms with van der Waals surface area (Å²) in [7, 11) is 0. The van der Waals surface area contributed by atoms with Gasteiger partial charge >= 0.3 is 6.18 Å². The Balaban J connectivity index is 1.47. The Bertz CT molecular complexity index is 1380. The van der Waals surface area contributed by atoms with Crippen molar-refractivity contribution in [3.63, 3.8) is 0 Å². The summed E-state index contributed by atoms with van der Waals surface area (Å²) in [6.07, 6.45) is -1.55. The zero-order valence-corrected chi connectivity index (χ0v) is 17.5. The van der Waals surface area contributed by atoms with Crippen LogP contribution in [0.4, 0.5) is 18.9 Å². The highest BCUT2D eigenvalue weighted by Crippen LogP contribution is 2.32.